The summed E-state index contributed by atoms with van der Waals surface area (Å²) in [4.78, 5) is 0.0466. The molecule has 0 aliphatic rings. The van der Waals surface area contributed by atoms with E-state index in [4.69, 9.17) is 20.5 Å². The van der Waals surface area contributed by atoms with E-state index >= 15 is 0 Å². The highest BCUT2D eigenvalue weighted by Gasteiger charge is 2.18. The maximum atomic E-state index is 13.5. The maximum Gasteiger partial charge on any atom is 0.244 e. The second-order valence-electron chi connectivity index (χ2n) is 5.66. The number of rotatable bonds is 9. The molecule has 0 aromatic heterocycles. The molecule has 2 aromatic carbocycles. The lowest BCUT2D eigenvalue weighted by molar-refractivity contribution is 0.281. The number of para-hydroxylation sites is 1. The molecule has 0 fully saturated rings. The molecule has 9 heteroatoms. The van der Waals surface area contributed by atoms with Crippen LogP contribution < -0.4 is 19.9 Å². The number of nitrogens with two attached hydrogens (primary N) is 1. The van der Waals surface area contributed by atoms with Crippen molar-refractivity contribution in [3.63, 3.8) is 0 Å². The Hall–Kier alpha value is -2.67. The van der Waals surface area contributed by atoms with Crippen LogP contribution in [0.1, 0.15) is 12.0 Å². The van der Waals surface area contributed by atoms with Gasteiger partial charge >= 0.3 is 0 Å². The van der Waals surface area contributed by atoms with E-state index in [0.29, 0.717) is 6.42 Å². The van der Waals surface area contributed by atoms with Gasteiger partial charge in [0.15, 0.2) is 0 Å². The van der Waals surface area contributed by atoms with Gasteiger partial charge in [-0.3, -0.25) is 0 Å². The highest BCUT2D eigenvalue weighted by molar-refractivity contribution is 7.89. The Kier molecular flexibility index (Phi) is 7.12. The molecule has 0 bridgehead atoms. The predicted molar refractivity (Wildman–Crippen MR) is 97.4 cm³/mol. The first kappa shape index (κ1) is 20.6. The number of nitrogens with zero attached hydrogens (tertiary/aromatic N) is 1. The van der Waals surface area contributed by atoms with Crippen LogP contribution in [0, 0.1) is 17.1 Å². The average molecular weight is 393 g/mol. The number of benzene rings is 2. The molecule has 0 saturated carbocycles. The Morgan fingerprint density at radius 1 is 1.30 bits per heavy atom. The van der Waals surface area contributed by atoms with Gasteiger partial charge in [0.05, 0.1) is 12.7 Å². The molecule has 0 radical (unpaired) electrons. The van der Waals surface area contributed by atoms with E-state index in [2.05, 4.69) is 4.72 Å². The summed E-state index contributed by atoms with van der Waals surface area (Å²) in [6.45, 7) is 0.175. The molecule has 0 saturated heterocycles. The minimum Gasteiger partial charge on any atom is -0.495 e. The molecule has 0 heterocycles. The Balaban J connectivity index is 1.84. The standard InChI is InChI=1S/C18H20FN3O4S/c1-25-17-4-2-3-5-18(17)27(23,24)22-9-8-14(21)12-26-15-7-6-13(11-20)16(19)10-15/h2-7,10,14,22H,8-9,12,21H2,1H3/t14-/m0/s1. The van der Waals surface area contributed by atoms with Gasteiger partial charge in [0.2, 0.25) is 10.0 Å². The van der Waals surface area contributed by atoms with Gasteiger partial charge in [0, 0.05) is 18.7 Å². The zero-order valence-corrected chi connectivity index (χ0v) is 15.5. The molecule has 0 aliphatic carbocycles. The zero-order valence-electron chi connectivity index (χ0n) is 14.7. The number of methoxy groups -OCH3 is 1. The minimum atomic E-state index is -3.73. The van der Waals surface area contributed by atoms with Gasteiger partial charge in [-0.05, 0) is 30.7 Å². The number of nitrogens with one attached hydrogen (secondary N) is 1. The minimum absolute atomic E-state index is 0.0466. The molecule has 144 valence electrons. The molecule has 0 amide bonds. The average Bonchev–Trinajstić information content (AvgIpc) is 2.66. The third kappa shape index (κ3) is 5.65. The van der Waals surface area contributed by atoms with Crippen molar-refractivity contribution >= 4 is 10.0 Å². The smallest absolute Gasteiger partial charge is 0.244 e. The van der Waals surface area contributed by atoms with Gasteiger partial charge in [-0.15, -0.1) is 0 Å². The lowest BCUT2D eigenvalue weighted by Crippen LogP contribution is -2.34. The SMILES string of the molecule is COc1ccccc1S(=O)(=O)NCC[C@H](N)COc1ccc(C#N)c(F)c1. The number of hydrogen-bond donors (Lipinski definition) is 2. The van der Waals surface area contributed by atoms with Crippen LogP contribution in [-0.2, 0) is 10.0 Å². The second kappa shape index (κ2) is 9.32. The van der Waals surface area contributed by atoms with Crippen LogP contribution in [0.3, 0.4) is 0 Å². The van der Waals surface area contributed by atoms with Crippen LogP contribution >= 0.6 is 0 Å². The highest BCUT2D eigenvalue weighted by Crippen LogP contribution is 2.22. The van der Waals surface area contributed by atoms with Crippen LogP contribution in [0.15, 0.2) is 47.4 Å². The molecular weight excluding hydrogens is 373 g/mol. The van der Waals surface area contributed by atoms with E-state index in [9.17, 15) is 12.8 Å². The van der Waals surface area contributed by atoms with E-state index in [-0.39, 0.29) is 35.1 Å². The number of sulfonamides is 1. The first-order chi connectivity index (χ1) is 12.9. The van der Waals surface area contributed by atoms with E-state index in [1.54, 1.807) is 24.3 Å². The van der Waals surface area contributed by atoms with Gasteiger partial charge in [-0.1, -0.05) is 12.1 Å². The molecule has 0 unspecified atom stereocenters. The van der Waals surface area contributed by atoms with Crippen molar-refractivity contribution in [2.75, 3.05) is 20.3 Å². The van der Waals surface area contributed by atoms with Gasteiger partial charge in [-0.2, -0.15) is 5.26 Å². The molecular formula is C18H20FN3O4S. The predicted octanol–water partition coefficient (Wildman–Crippen LogP) is 1.78. The number of nitriles is 1. The van der Waals surface area contributed by atoms with Crippen LogP contribution in [0.4, 0.5) is 4.39 Å². The second-order valence-corrected chi connectivity index (χ2v) is 7.40. The van der Waals surface area contributed by atoms with E-state index in [1.165, 1.54) is 25.3 Å². The van der Waals surface area contributed by atoms with Crippen molar-refractivity contribution in [2.45, 2.75) is 17.4 Å². The molecule has 3 N–H and O–H groups in total. The van der Waals surface area contributed by atoms with E-state index in [0.717, 1.165) is 6.07 Å². The fourth-order valence-corrected chi connectivity index (χ4v) is 3.48. The topological polar surface area (TPSA) is 114 Å². The molecule has 0 aliphatic heterocycles. The van der Waals surface area contributed by atoms with Crippen molar-refractivity contribution in [3.8, 4) is 17.6 Å². The van der Waals surface area contributed by atoms with Crippen molar-refractivity contribution in [1.82, 2.24) is 4.72 Å². The number of hydrogen-bond acceptors (Lipinski definition) is 6. The van der Waals surface area contributed by atoms with Gasteiger partial charge in [0.25, 0.3) is 0 Å². The summed E-state index contributed by atoms with van der Waals surface area (Å²) >= 11 is 0. The number of ether oxygens (including phenoxy) is 2. The van der Waals surface area contributed by atoms with Gasteiger partial charge in [-0.25, -0.2) is 17.5 Å². The molecule has 1 atom stereocenters. The van der Waals surface area contributed by atoms with Crippen LogP contribution in [0.5, 0.6) is 11.5 Å². The van der Waals surface area contributed by atoms with Crippen molar-refractivity contribution in [2.24, 2.45) is 5.73 Å². The summed E-state index contributed by atoms with van der Waals surface area (Å²) in [6.07, 6.45) is 0.313. The van der Waals surface area contributed by atoms with Crippen LogP contribution in [-0.4, -0.2) is 34.7 Å². The molecule has 2 rings (SSSR count). The summed E-state index contributed by atoms with van der Waals surface area (Å²) in [5, 5.41) is 8.69. The fraction of sp³-hybridized carbons (Fsp3) is 0.278. The first-order valence-electron chi connectivity index (χ1n) is 8.08. The lowest BCUT2D eigenvalue weighted by atomic mass is 10.2. The van der Waals surface area contributed by atoms with Crippen LogP contribution in [0.25, 0.3) is 0 Å². The van der Waals surface area contributed by atoms with Gasteiger partial charge in [0.1, 0.15) is 34.9 Å². The number of halogens is 1. The summed E-state index contributed by atoms with van der Waals surface area (Å²) in [5.41, 5.74) is 5.84. The molecule has 7 nitrogen and oxygen atoms in total. The fourth-order valence-electron chi connectivity index (χ4n) is 2.26. The lowest BCUT2D eigenvalue weighted by Gasteiger charge is -2.15. The Bertz CT molecular complexity index is 928. The monoisotopic (exact) mass is 393 g/mol. The summed E-state index contributed by atoms with van der Waals surface area (Å²) in [5.74, 6) is -0.176. The van der Waals surface area contributed by atoms with E-state index < -0.39 is 21.9 Å². The largest absolute Gasteiger partial charge is 0.495 e. The van der Waals surface area contributed by atoms with Crippen molar-refractivity contribution in [1.29, 1.82) is 5.26 Å². The van der Waals surface area contributed by atoms with Crippen molar-refractivity contribution < 1.29 is 22.3 Å². The Morgan fingerprint density at radius 3 is 2.70 bits per heavy atom. The summed E-state index contributed by atoms with van der Waals surface area (Å²) in [6, 6.07) is 11.4. The molecule has 0 spiro atoms. The third-order valence-electron chi connectivity index (χ3n) is 3.69. The zero-order chi connectivity index (χ0) is 19.9. The van der Waals surface area contributed by atoms with Crippen LogP contribution in [0.2, 0.25) is 0 Å². The van der Waals surface area contributed by atoms with Gasteiger partial charge < -0.3 is 15.2 Å². The molecule has 2 aromatic rings. The summed E-state index contributed by atoms with van der Waals surface area (Å²) in [7, 11) is -2.33. The summed E-state index contributed by atoms with van der Waals surface area (Å²) < 4.78 is 51.1. The quantitative estimate of drug-likeness (QED) is 0.671. The maximum absolute atomic E-state index is 13.5. The highest BCUT2D eigenvalue weighted by atomic mass is 32.2. The third-order valence-corrected chi connectivity index (χ3v) is 5.19. The van der Waals surface area contributed by atoms with Crippen molar-refractivity contribution in [3.05, 3.63) is 53.8 Å². The Morgan fingerprint density at radius 2 is 2.04 bits per heavy atom. The van der Waals surface area contributed by atoms with E-state index in [1.807, 2.05) is 0 Å². The normalized spacial score (nSPS) is 12.2. The Labute approximate surface area is 157 Å². The first-order valence-corrected chi connectivity index (χ1v) is 9.56. The molecule has 27 heavy (non-hydrogen) atoms.